The van der Waals surface area contributed by atoms with E-state index >= 15 is 0 Å². The molecule has 1 heterocycles. The van der Waals surface area contributed by atoms with Crippen molar-refractivity contribution < 1.29 is 14.6 Å². The van der Waals surface area contributed by atoms with E-state index in [0.717, 1.165) is 29.7 Å². The Morgan fingerprint density at radius 1 is 1.25 bits per heavy atom. The van der Waals surface area contributed by atoms with Gasteiger partial charge in [0, 0.05) is 6.54 Å². The number of rotatable bonds is 4. The summed E-state index contributed by atoms with van der Waals surface area (Å²) in [7, 11) is 0. The van der Waals surface area contributed by atoms with Gasteiger partial charge in [0.05, 0.1) is 18.2 Å². The predicted molar refractivity (Wildman–Crippen MR) is 93.5 cm³/mol. The molecule has 0 bridgehead atoms. The van der Waals surface area contributed by atoms with Crippen molar-refractivity contribution in [2.45, 2.75) is 32.7 Å². The summed E-state index contributed by atoms with van der Waals surface area (Å²) in [5.74, 6) is 0.820. The molecule has 1 N–H and O–H groups in total. The third kappa shape index (κ3) is 3.09. The van der Waals surface area contributed by atoms with Crippen LogP contribution in [0.25, 0.3) is 0 Å². The number of aryl methyl sites for hydroxylation is 1. The van der Waals surface area contributed by atoms with Crippen molar-refractivity contribution in [1.82, 2.24) is 4.90 Å². The van der Waals surface area contributed by atoms with E-state index in [1.807, 2.05) is 42.2 Å². The molecule has 24 heavy (non-hydrogen) atoms. The van der Waals surface area contributed by atoms with Crippen LogP contribution in [0.3, 0.4) is 0 Å². The largest absolute Gasteiger partial charge is 0.507 e. The van der Waals surface area contributed by atoms with E-state index < -0.39 is 0 Å². The summed E-state index contributed by atoms with van der Waals surface area (Å²) in [5, 5.41) is 10.2. The Morgan fingerprint density at radius 2 is 2.00 bits per heavy atom. The summed E-state index contributed by atoms with van der Waals surface area (Å²) in [6.45, 7) is 5.11. The summed E-state index contributed by atoms with van der Waals surface area (Å²) < 4.78 is 5.48. The molecule has 1 aliphatic rings. The first-order valence-electron chi connectivity index (χ1n) is 8.44. The first kappa shape index (κ1) is 16.4. The van der Waals surface area contributed by atoms with Gasteiger partial charge in [-0.1, -0.05) is 24.3 Å². The maximum atomic E-state index is 12.9. The number of carbonyl (C=O) groups is 1. The zero-order valence-electron chi connectivity index (χ0n) is 14.2. The molecule has 0 aliphatic carbocycles. The number of hydrogen-bond donors (Lipinski definition) is 1. The van der Waals surface area contributed by atoms with Crippen molar-refractivity contribution in [3.63, 3.8) is 0 Å². The minimum atomic E-state index is -0.104. The van der Waals surface area contributed by atoms with Crippen LogP contribution < -0.4 is 4.74 Å². The summed E-state index contributed by atoms with van der Waals surface area (Å²) in [4.78, 5) is 14.8. The number of phenols is 1. The van der Waals surface area contributed by atoms with Crippen LogP contribution in [0.1, 0.15) is 47.3 Å². The number of para-hydroxylation sites is 1. The monoisotopic (exact) mass is 325 g/mol. The van der Waals surface area contributed by atoms with Gasteiger partial charge in [0.25, 0.3) is 5.91 Å². The Hall–Kier alpha value is -2.49. The summed E-state index contributed by atoms with van der Waals surface area (Å²) in [6, 6.07) is 13.3. The molecule has 1 amide bonds. The Kier molecular flexibility index (Phi) is 4.74. The van der Waals surface area contributed by atoms with E-state index in [9.17, 15) is 9.90 Å². The Morgan fingerprint density at radius 3 is 2.71 bits per heavy atom. The Balaban J connectivity index is 1.84. The maximum Gasteiger partial charge on any atom is 0.258 e. The molecular weight excluding hydrogens is 302 g/mol. The van der Waals surface area contributed by atoms with Crippen LogP contribution in [-0.4, -0.2) is 29.1 Å². The number of benzene rings is 2. The number of likely N-dealkylation sites (tertiary alicyclic amines) is 1. The molecule has 1 saturated heterocycles. The third-order valence-corrected chi connectivity index (χ3v) is 4.56. The minimum Gasteiger partial charge on any atom is -0.507 e. The van der Waals surface area contributed by atoms with Crippen molar-refractivity contribution in [2.75, 3.05) is 13.2 Å². The van der Waals surface area contributed by atoms with Crippen molar-refractivity contribution in [2.24, 2.45) is 0 Å². The number of hydrogen-bond acceptors (Lipinski definition) is 3. The van der Waals surface area contributed by atoms with E-state index in [-0.39, 0.29) is 17.7 Å². The second-order valence-electron chi connectivity index (χ2n) is 6.13. The van der Waals surface area contributed by atoms with Crippen LogP contribution in [0.4, 0.5) is 0 Å². The van der Waals surface area contributed by atoms with Crippen molar-refractivity contribution in [3.05, 3.63) is 59.2 Å². The lowest BCUT2D eigenvalue weighted by atomic mass is 10.0. The lowest BCUT2D eigenvalue weighted by Gasteiger charge is -2.26. The van der Waals surface area contributed by atoms with Crippen LogP contribution in [0.2, 0.25) is 0 Å². The molecule has 4 nitrogen and oxygen atoms in total. The first-order chi connectivity index (χ1) is 11.6. The second kappa shape index (κ2) is 6.95. The molecule has 1 aliphatic heterocycles. The SMILES string of the molecule is CCOc1ccc(C2CCCN2C(=O)c2cccc(C)c2O)cc1. The van der Waals surface area contributed by atoms with E-state index in [4.69, 9.17) is 4.74 Å². The fourth-order valence-electron chi connectivity index (χ4n) is 3.30. The van der Waals surface area contributed by atoms with Crippen LogP contribution in [0, 0.1) is 6.92 Å². The molecule has 0 aromatic heterocycles. The molecule has 0 spiro atoms. The summed E-state index contributed by atoms with van der Waals surface area (Å²) in [5.41, 5.74) is 2.21. The highest BCUT2D eigenvalue weighted by atomic mass is 16.5. The zero-order chi connectivity index (χ0) is 17.1. The number of ether oxygens (including phenoxy) is 1. The molecular formula is C20H23NO3. The van der Waals surface area contributed by atoms with Gasteiger partial charge in [-0.3, -0.25) is 4.79 Å². The van der Waals surface area contributed by atoms with Gasteiger partial charge in [-0.15, -0.1) is 0 Å². The molecule has 1 atom stereocenters. The molecule has 1 fully saturated rings. The third-order valence-electron chi connectivity index (χ3n) is 4.56. The van der Waals surface area contributed by atoms with Gasteiger partial charge >= 0.3 is 0 Å². The Bertz CT molecular complexity index is 724. The van der Waals surface area contributed by atoms with Crippen molar-refractivity contribution in [1.29, 1.82) is 0 Å². The van der Waals surface area contributed by atoms with Gasteiger partial charge in [-0.2, -0.15) is 0 Å². The lowest BCUT2D eigenvalue weighted by molar-refractivity contribution is 0.0732. The molecule has 4 heteroatoms. The fourth-order valence-corrected chi connectivity index (χ4v) is 3.30. The zero-order valence-corrected chi connectivity index (χ0v) is 14.2. The van der Waals surface area contributed by atoms with Gasteiger partial charge in [0.2, 0.25) is 0 Å². The molecule has 126 valence electrons. The smallest absolute Gasteiger partial charge is 0.258 e. The van der Waals surface area contributed by atoms with Gasteiger partial charge in [0.15, 0.2) is 0 Å². The number of aromatic hydroxyl groups is 1. The minimum absolute atomic E-state index is 0.0492. The standard InChI is InChI=1S/C20H23NO3/c1-3-24-16-11-9-15(10-12-16)18-8-5-13-21(18)20(23)17-7-4-6-14(2)19(17)22/h4,6-7,9-12,18,22H,3,5,8,13H2,1-2H3. The van der Waals surface area contributed by atoms with Crippen LogP contribution in [0.15, 0.2) is 42.5 Å². The number of nitrogens with zero attached hydrogens (tertiary/aromatic N) is 1. The van der Waals surface area contributed by atoms with E-state index in [2.05, 4.69) is 0 Å². The molecule has 3 rings (SSSR count). The number of phenolic OH excluding ortho intramolecular Hbond substituents is 1. The predicted octanol–water partition coefficient (Wildman–Crippen LogP) is 4.08. The van der Waals surface area contributed by atoms with Gasteiger partial charge in [-0.05, 0) is 56.0 Å². The highest BCUT2D eigenvalue weighted by Gasteiger charge is 2.31. The molecule has 0 saturated carbocycles. The fraction of sp³-hybridized carbons (Fsp3) is 0.350. The highest BCUT2D eigenvalue weighted by Crippen LogP contribution is 2.35. The second-order valence-corrected chi connectivity index (χ2v) is 6.13. The molecule has 2 aromatic rings. The van der Waals surface area contributed by atoms with Crippen LogP contribution >= 0.6 is 0 Å². The molecule has 1 unspecified atom stereocenters. The quantitative estimate of drug-likeness (QED) is 0.921. The highest BCUT2D eigenvalue weighted by molar-refractivity contribution is 5.97. The topological polar surface area (TPSA) is 49.8 Å². The normalized spacial score (nSPS) is 17.1. The van der Waals surface area contributed by atoms with E-state index in [1.165, 1.54) is 0 Å². The summed E-state index contributed by atoms with van der Waals surface area (Å²) in [6.07, 6.45) is 1.91. The summed E-state index contributed by atoms with van der Waals surface area (Å²) >= 11 is 0. The molecule has 0 radical (unpaired) electrons. The number of amides is 1. The van der Waals surface area contributed by atoms with Gasteiger partial charge in [0.1, 0.15) is 11.5 Å². The van der Waals surface area contributed by atoms with Gasteiger partial charge < -0.3 is 14.7 Å². The first-order valence-corrected chi connectivity index (χ1v) is 8.44. The number of carbonyl (C=O) groups excluding carboxylic acids is 1. The van der Waals surface area contributed by atoms with Crippen LogP contribution in [-0.2, 0) is 0 Å². The maximum absolute atomic E-state index is 12.9. The van der Waals surface area contributed by atoms with Crippen LogP contribution in [0.5, 0.6) is 11.5 Å². The molecule has 2 aromatic carbocycles. The Labute approximate surface area is 142 Å². The van der Waals surface area contributed by atoms with Crippen molar-refractivity contribution in [3.8, 4) is 11.5 Å². The van der Waals surface area contributed by atoms with E-state index in [0.29, 0.717) is 18.7 Å². The average Bonchev–Trinajstić information content (AvgIpc) is 3.07. The lowest BCUT2D eigenvalue weighted by Crippen LogP contribution is -2.30. The van der Waals surface area contributed by atoms with Crippen molar-refractivity contribution >= 4 is 5.91 Å². The van der Waals surface area contributed by atoms with E-state index in [1.54, 1.807) is 19.1 Å². The van der Waals surface area contributed by atoms with Gasteiger partial charge in [-0.25, -0.2) is 0 Å². The average molecular weight is 325 g/mol.